The second-order valence-corrected chi connectivity index (χ2v) is 9.56. The van der Waals surface area contributed by atoms with E-state index in [0.29, 0.717) is 4.90 Å². The third kappa shape index (κ3) is 6.12. The van der Waals surface area contributed by atoms with Crippen molar-refractivity contribution in [1.29, 1.82) is 0 Å². The molecule has 0 N–H and O–H groups in total. The van der Waals surface area contributed by atoms with Gasteiger partial charge in [-0.3, -0.25) is 0 Å². The molecule has 2 rings (SSSR count). The Labute approximate surface area is 151 Å². The molecule has 0 bridgehead atoms. The van der Waals surface area contributed by atoms with Gasteiger partial charge in [0.05, 0.1) is 0 Å². The van der Waals surface area contributed by atoms with Crippen molar-refractivity contribution >= 4 is 29.3 Å². The van der Waals surface area contributed by atoms with Crippen molar-refractivity contribution in [2.75, 3.05) is 0 Å². The normalized spacial score (nSPS) is 12.6. The molecule has 0 aliphatic carbocycles. The van der Waals surface area contributed by atoms with E-state index in [0.717, 1.165) is 23.7 Å². The fraction of sp³-hybridized carbons (Fsp3) is 0.200. The maximum absolute atomic E-state index is 12.4. The van der Waals surface area contributed by atoms with Gasteiger partial charge in [0, 0.05) is 0 Å². The Morgan fingerprint density at radius 2 is 1.62 bits per heavy atom. The third-order valence-electron chi connectivity index (χ3n) is 3.37. The second-order valence-electron chi connectivity index (χ2n) is 5.32. The van der Waals surface area contributed by atoms with Gasteiger partial charge < -0.3 is 0 Å². The number of benzene rings is 2. The molecule has 4 heteroatoms. The molecule has 0 aliphatic heterocycles. The summed E-state index contributed by atoms with van der Waals surface area (Å²) in [6.07, 6.45) is 7.18. The molecule has 2 aromatic rings. The van der Waals surface area contributed by atoms with E-state index in [1.54, 1.807) is 30.3 Å². The van der Waals surface area contributed by atoms with Crippen molar-refractivity contribution in [2.45, 2.75) is 31.1 Å². The van der Waals surface area contributed by atoms with Crippen molar-refractivity contribution in [3.8, 4) is 0 Å². The van der Waals surface area contributed by atoms with Crippen LogP contribution in [0.15, 0.2) is 87.6 Å². The summed E-state index contributed by atoms with van der Waals surface area (Å²) in [5, 5.41) is 1.34. The summed E-state index contributed by atoms with van der Waals surface area (Å²) in [6, 6.07) is 18.8. The predicted molar refractivity (Wildman–Crippen MR) is 102 cm³/mol. The molecule has 2 aromatic carbocycles. The van der Waals surface area contributed by atoms with Gasteiger partial charge in [0.25, 0.3) is 0 Å². The molecule has 0 radical (unpaired) electrons. The van der Waals surface area contributed by atoms with Gasteiger partial charge in [0.2, 0.25) is 0 Å². The molecule has 126 valence electrons. The van der Waals surface area contributed by atoms with Gasteiger partial charge in [0.15, 0.2) is 0 Å². The zero-order valence-electron chi connectivity index (χ0n) is 13.8. The van der Waals surface area contributed by atoms with E-state index in [2.05, 4.69) is 25.1 Å². The summed E-state index contributed by atoms with van der Waals surface area (Å²) in [6.45, 7) is 2.16. The van der Waals surface area contributed by atoms with E-state index in [9.17, 15) is 8.42 Å². The molecule has 0 saturated carbocycles. The van der Waals surface area contributed by atoms with E-state index in [1.165, 1.54) is 9.87 Å². The number of sulfone groups is 1. The van der Waals surface area contributed by atoms with Crippen molar-refractivity contribution in [3.05, 3.63) is 82.7 Å². The fourth-order valence-corrected chi connectivity index (χ4v) is 5.17. The first-order valence-electron chi connectivity index (χ1n) is 8.03. The van der Waals surface area contributed by atoms with Crippen LogP contribution in [0.1, 0.15) is 26.2 Å². The quantitative estimate of drug-likeness (QED) is 0.377. The molecule has 0 saturated heterocycles. The third-order valence-corrected chi connectivity index (χ3v) is 6.98. The van der Waals surface area contributed by atoms with Crippen molar-refractivity contribution in [3.63, 3.8) is 0 Å². The molecule has 0 amide bonds. The average Bonchev–Trinajstić information content (AvgIpc) is 2.61. The SMILES string of the molecule is CCCC/C=C(/C=C/S(=O)(=O)c1ccccc1)[Se]c1ccccc1. The Hall–Kier alpha value is -1.61. The van der Waals surface area contributed by atoms with Crippen LogP contribution < -0.4 is 4.46 Å². The van der Waals surface area contributed by atoms with Crippen LogP contribution in [0.25, 0.3) is 0 Å². The number of hydrogen-bond donors (Lipinski definition) is 0. The Morgan fingerprint density at radius 3 is 2.25 bits per heavy atom. The van der Waals surface area contributed by atoms with Crippen LogP contribution in [-0.2, 0) is 9.84 Å². The number of rotatable bonds is 8. The minimum absolute atomic E-state index is 0.109. The van der Waals surface area contributed by atoms with Crippen LogP contribution in [0, 0.1) is 0 Å². The van der Waals surface area contributed by atoms with Crippen molar-refractivity contribution in [2.24, 2.45) is 0 Å². The van der Waals surface area contributed by atoms with E-state index in [-0.39, 0.29) is 15.0 Å². The fourth-order valence-electron chi connectivity index (χ4n) is 2.06. The first-order valence-corrected chi connectivity index (χ1v) is 11.3. The monoisotopic (exact) mass is 406 g/mol. The van der Waals surface area contributed by atoms with E-state index < -0.39 is 9.84 Å². The molecule has 24 heavy (non-hydrogen) atoms. The van der Waals surface area contributed by atoms with Gasteiger partial charge in [-0.05, 0) is 0 Å². The van der Waals surface area contributed by atoms with E-state index in [1.807, 2.05) is 24.3 Å². The molecular formula is C20H22O2SSe. The predicted octanol–water partition coefficient (Wildman–Crippen LogP) is 4.08. The molecule has 0 unspecified atom stereocenters. The first-order chi connectivity index (χ1) is 11.6. The van der Waals surface area contributed by atoms with Crippen LogP contribution in [0.3, 0.4) is 0 Å². The van der Waals surface area contributed by atoms with E-state index >= 15 is 0 Å². The average molecular weight is 405 g/mol. The van der Waals surface area contributed by atoms with Crippen molar-refractivity contribution in [1.82, 2.24) is 0 Å². The summed E-state index contributed by atoms with van der Waals surface area (Å²) >= 11 is 0.109. The van der Waals surface area contributed by atoms with Crippen LogP contribution in [0.2, 0.25) is 0 Å². The number of hydrogen-bond acceptors (Lipinski definition) is 2. The molecule has 0 fully saturated rings. The van der Waals surface area contributed by atoms with Crippen LogP contribution in [0.4, 0.5) is 0 Å². The Balaban J connectivity index is 2.19. The molecule has 0 aliphatic rings. The summed E-state index contributed by atoms with van der Waals surface area (Å²) in [5.41, 5.74) is 0. The van der Waals surface area contributed by atoms with Gasteiger partial charge >= 0.3 is 151 Å². The van der Waals surface area contributed by atoms with Crippen molar-refractivity contribution < 1.29 is 8.42 Å². The molecular weight excluding hydrogens is 383 g/mol. The molecule has 0 aromatic heterocycles. The maximum atomic E-state index is 12.4. The zero-order chi connectivity index (χ0) is 17.3. The van der Waals surface area contributed by atoms with Gasteiger partial charge in [-0.1, -0.05) is 0 Å². The minimum atomic E-state index is -3.39. The topological polar surface area (TPSA) is 34.1 Å². The van der Waals surface area contributed by atoms with Gasteiger partial charge in [-0.15, -0.1) is 0 Å². The summed E-state index contributed by atoms with van der Waals surface area (Å²) in [4.78, 5) is 0.335. The number of allylic oxidation sites excluding steroid dienone is 3. The van der Waals surface area contributed by atoms with Crippen LogP contribution >= 0.6 is 0 Å². The number of unbranched alkanes of at least 4 members (excludes halogenated alkanes) is 2. The summed E-state index contributed by atoms with van der Waals surface area (Å²) in [7, 11) is -3.39. The Morgan fingerprint density at radius 1 is 1.00 bits per heavy atom. The van der Waals surface area contributed by atoms with Gasteiger partial charge in [0.1, 0.15) is 0 Å². The Bertz CT molecular complexity index is 779. The molecule has 0 spiro atoms. The standard InChI is InChI=1S/C20H22O2SSe/c1-2-3-6-13-20(24-19-14-9-5-10-15-19)16-17-23(21,22)18-11-7-4-8-12-18/h4-5,7-17H,2-3,6H2,1H3/b17-16+,20-13-. The van der Waals surface area contributed by atoms with Crippen LogP contribution in [0.5, 0.6) is 0 Å². The Kier molecular flexibility index (Phi) is 7.51. The first kappa shape index (κ1) is 18.7. The molecule has 0 heterocycles. The summed E-state index contributed by atoms with van der Waals surface area (Å²) < 4.78 is 27.2. The van der Waals surface area contributed by atoms with Crippen LogP contribution in [-0.4, -0.2) is 23.4 Å². The van der Waals surface area contributed by atoms with E-state index in [4.69, 9.17) is 0 Å². The second kappa shape index (κ2) is 9.63. The molecule has 2 nitrogen and oxygen atoms in total. The van der Waals surface area contributed by atoms with Gasteiger partial charge in [-0.25, -0.2) is 0 Å². The van der Waals surface area contributed by atoms with Gasteiger partial charge in [-0.2, -0.15) is 0 Å². The zero-order valence-corrected chi connectivity index (χ0v) is 16.3. The summed E-state index contributed by atoms with van der Waals surface area (Å²) in [5.74, 6) is 0. The molecule has 0 atom stereocenters.